The molecule has 1 heterocycles. The Kier molecular flexibility index (Phi) is 4.45. The molecule has 0 radical (unpaired) electrons. The summed E-state index contributed by atoms with van der Waals surface area (Å²) in [6.45, 7) is 10.5. The van der Waals surface area contributed by atoms with E-state index in [4.69, 9.17) is 0 Å². The Morgan fingerprint density at radius 2 is 1.86 bits per heavy atom. The van der Waals surface area contributed by atoms with Crippen LogP contribution >= 0.6 is 15.9 Å². The van der Waals surface area contributed by atoms with Crippen LogP contribution in [0.3, 0.4) is 0 Å². The molecule has 0 bridgehead atoms. The maximum absolute atomic E-state index is 3.81. The summed E-state index contributed by atoms with van der Waals surface area (Å²) >= 11 is 3.53. The van der Waals surface area contributed by atoms with Crippen molar-refractivity contribution < 1.29 is 0 Å². The van der Waals surface area contributed by atoms with Gasteiger partial charge in [0.1, 0.15) is 0 Å². The number of rotatable bonds is 3. The minimum Gasteiger partial charge on any atom is -0.311 e. The molecule has 1 aromatic carbocycles. The van der Waals surface area contributed by atoms with Crippen molar-refractivity contribution in [3.8, 4) is 0 Å². The van der Waals surface area contributed by atoms with E-state index in [-0.39, 0.29) is 0 Å². The lowest BCUT2D eigenvalue weighted by molar-refractivity contribution is 0.0449. The zero-order valence-corrected chi connectivity index (χ0v) is 15.0. The van der Waals surface area contributed by atoms with E-state index in [0.29, 0.717) is 17.5 Å². The quantitative estimate of drug-likeness (QED) is 0.884. The molecule has 2 fully saturated rings. The third kappa shape index (κ3) is 3.88. The molecule has 1 saturated carbocycles. The largest absolute Gasteiger partial charge is 0.311 e. The van der Waals surface area contributed by atoms with E-state index in [0.717, 1.165) is 23.5 Å². The van der Waals surface area contributed by atoms with Gasteiger partial charge in [0.2, 0.25) is 0 Å². The molecule has 0 amide bonds. The first-order chi connectivity index (χ1) is 9.93. The molecule has 2 aliphatic rings. The Morgan fingerprint density at radius 3 is 2.43 bits per heavy atom. The molecular formula is C18H27BrN2. The van der Waals surface area contributed by atoms with E-state index in [9.17, 15) is 0 Å². The van der Waals surface area contributed by atoms with Gasteiger partial charge in [-0.15, -0.1) is 0 Å². The fourth-order valence-electron chi connectivity index (χ4n) is 3.50. The van der Waals surface area contributed by atoms with E-state index in [1.54, 1.807) is 0 Å². The van der Waals surface area contributed by atoms with Crippen molar-refractivity contribution in [2.24, 2.45) is 11.3 Å². The standard InChI is InChI=1S/C18H27BrN2/c1-18(2,3)17-10-20-16(14-6-7-14)12-21(17)11-13-4-8-15(19)9-5-13/h4-5,8-9,14,16-17,20H,6-7,10-12H2,1-3H3. The summed E-state index contributed by atoms with van der Waals surface area (Å²) in [6, 6.07) is 10.1. The summed E-state index contributed by atoms with van der Waals surface area (Å²) < 4.78 is 1.16. The van der Waals surface area contributed by atoms with Gasteiger partial charge in [-0.05, 0) is 41.9 Å². The second-order valence-electron chi connectivity index (χ2n) is 7.79. The molecule has 3 rings (SSSR count). The third-order valence-corrected chi connectivity index (χ3v) is 5.46. The van der Waals surface area contributed by atoms with Crippen LogP contribution in [0.4, 0.5) is 0 Å². The summed E-state index contributed by atoms with van der Waals surface area (Å²) in [5, 5.41) is 3.81. The van der Waals surface area contributed by atoms with Gasteiger partial charge < -0.3 is 5.32 Å². The zero-order valence-electron chi connectivity index (χ0n) is 13.4. The average Bonchev–Trinajstić information content (AvgIpc) is 3.24. The highest BCUT2D eigenvalue weighted by atomic mass is 79.9. The summed E-state index contributed by atoms with van der Waals surface area (Å²) in [4.78, 5) is 2.71. The maximum atomic E-state index is 3.81. The first-order valence-electron chi connectivity index (χ1n) is 8.15. The number of hydrogen-bond donors (Lipinski definition) is 1. The smallest absolute Gasteiger partial charge is 0.0273 e. The first kappa shape index (κ1) is 15.5. The predicted octanol–water partition coefficient (Wildman–Crippen LogP) is 4.05. The molecule has 1 aliphatic carbocycles. The van der Waals surface area contributed by atoms with Crippen molar-refractivity contribution in [3.63, 3.8) is 0 Å². The second-order valence-corrected chi connectivity index (χ2v) is 8.71. The van der Waals surface area contributed by atoms with Crippen LogP contribution in [0.5, 0.6) is 0 Å². The molecule has 3 heteroatoms. The number of nitrogens with zero attached hydrogens (tertiary/aromatic N) is 1. The molecule has 116 valence electrons. The van der Waals surface area contributed by atoms with Crippen molar-refractivity contribution in [1.82, 2.24) is 10.2 Å². The van der Waals surface area contributed by atoms with Gasteiger partial charge in [0, 0.05) is 36.2 Å². The van der Waals surface area contributed by atoms with Crippen molar-refractivity contribution in [1.29, 1.82) is 0 Å². The Balaban J connectivity index is 1.73. The van der Waals surface area contributed by atoms with Crippen LogP contribution in [-0.4, -0.2) is 30.1 Å². The Bertz CT molecular complexity index is 473. The third-order valence-electron chi connectivity index (χ3n) is 4.94. The molecule has 1 N–H and O–H groups in total. The van der Waals surface area contributed by atoms with E-state index in [1.807, 2.05) is 0 Å². The Labute approximate surface area is 137 Å². The molecule has 2 unspecified atom stereocenters. The highest BCUT2D eigenvalue weighted by Gasteiger charge is 2.40. The number of nitrogens with one attached hydrogen (secondary N) is 1. The van der Waals surface area contributed by atoms with Gasteiger partial charge >= 0.3 is 0 Å². The maximum Gasteiger partial charge on any atom is 0.0273 e. The highest BCUT2D eigenvalue weighted by Crippen LogP contribution is 2.36. The second kappa shape index (κ2) is 6.02. The van der Waals surface area contributed by atoms with Crippen LogP contribution in [0.1, 0.15) is 39.2 Å². The molecule has 2 atom stereocenters. The normalized spacial score (nSPS) is 27.8. The molecule has 0 spiro atoms. The molecular weight excluding hydrogens is 324 g/mol. The van der Waals surface area contributed by atoms with E-state index >= 15 is 0 Å². The van der Waals surface area contributed by atoms with Crippen LogP contribution < -0.4 is 5.32 Å². The Morgan fingerprint density at radius 1 is 1.19 bits per heavy atom. The van der Waals surface area contributed by atoms with Crippen molar-refractivity contribution in [2.45, 2.75) is 52.2 Å². The summed E-state index contributed by atoms with van der Waals surface area (Å²) in [5.74, 6) is 0.929. The van der Waals surface area contributed by atoms with Gasteiger partial charge in [-0.1, -0.05) is 48.8 Å². The van der Waals surface area contributed by atoms with Crippen LogP contribution in [-0.2, 0) is 6.54 Å². The number of benzene rings is 1. The molecule has 2 nitrogen and oxygen atoms in total. The van der Waals surface area contributed by atoms with Gasteiger partial charge in [-0.2, -0.15) is 0 Å². The van der Waals surface area contributed by atoms with Gasteiger partial charge in [-0.25, -0.2) is 0 Å². The lowest BCUT2D eigenvalue weighted by Crippen LogP contribution is -2.60. The van der Waals surface area contributed by atoms with Crippen molar-refractivity contribution >= 4 is 15.9 Å². The van der Waals surface area contributed by atoms with Gasteiger partial charge in [0.15, 0.2) is 0 Å². The Hall–Kier alpha value is -0.380. The highest BCUT2D eigenvalue weighted by molar-refractivity contribution is 9.10. The predicted molar refractivity (Wildman–Crippen MR) is 92.3 cm³/mol. The van der Waals surface area contributed by atoms with E-state index in [1.165, 1.54) is 24.9 Å². The average molecular weight is 351 g/mol. The minimum atomic E-state index is 0.316. The summed E-state index contributed by atoms with van der Waals surface area (Å²) in [5.41, 5.74) is 1.74. The fourth-order valence-corrected chi connectivity index (χ4v) is 3.77. The summed E-state index contributed by atoms with van der Waals surface area (Å²) in [7, 11) is 0. The van der Waals surface area contributed by atoms with Gasteiger partial charge in [-0.3, -0.25) is 4.90 Å². The first-order valence-corrected chi connectivity index (χ1v) is 8.94. The monoisotopic (exact) mass is 350 g/mol. The summed E-state index contributed by atoms with van der Waals surface area (Å²) in [6.07, 6.45) is 2.84. The topological polar surface area (TPSA) is 15.3 Å². The SMILES string of the molecule is CC(C)(C)C1CNC(C2CC2)CN1Cc1ccc(Br)cc1. The van der Waals surface area contributed by atoms with Gasteiger partial charge in [0.05, 0.1) is 0 Å². The van der Waals surface area contributed by atoms with E-state index < -0.39 is 0 Å². The zero-order chi connectivity index (χ0) is 15.0. The molecule has 1 saturated heterocycles. The van der Waals surface area contributed by atoms with Crippen LogP contribution in [0.15, 0.2) is 28.7 Å². The molecule has 21 heavy (non-hydrogen) atoms. The lowest BCUT2D eigenvalue weighted by atomic mass is 9.83. The minimum absolute atomic E-state index is 0.316. The molecule has 1 aliphatic heterocycles. The fraction of sp³-hybridized carbons (Fsp3) is 0.667. The van der Waals surface area contributed by atoms with Crippen LogP contribution in [0, 0.1) is 11.3 Å². The number of hydrogen-bond acceptors (Lipinski definition) is 2. The number of piperazine rings is 1. The molecule has 0 aromatic heterocycles. The molecule has 1 aromatic rings. The van der Waals surface area contributed by atoms with Crippen LogP contribution in [0.25, 0.3) is 0 Å². The van der Waals surface area contributed by atoms with Crippen molar-refractivity contribution in [2.75, 3.05) is 13.1 Å². The lowest BCUT2D eigenvalue weighted by Gasteiger charge is -2.46. The van der Waals surface area contributed by atoms with Crippen LogP contribution in [0.2, 0.25) is 0 Å². The number of halogens is 1. The van der Waals surface area contributed by atoms with E-state index in [2.05, 4.69) is 71.2 Å². The van der Waals surface area contributed by atoms with Gasteiger partial charge in [0.25, 0.3) is 0 Å². The van der Waals surface area contributed by atoms with Crippen molar-refractivity contribution in [3.05, 3.63) is 34.3 Å².